The Morgan fingerprint density at radius 3 is 2.09 bits per heavy atom. The van der Waals surface area contributed by atoms with Crippen LogP contribution in [0.5, 0.6) is 0 Å². The van der Waals surface area contributed by atoms with Crippen LogP contribution < -0.4 is 10.6 Å². The summed E-state index contributed by atoms with van der Waals surface area (Å²) in [4.78, 5) is 47.8. The summed E-state index contributed by atoms with van der Waals surface area (Å²) in [6.45, 7) is 2.05. The number of esters is 1. The topological polar surface area (TPSA) is 131 Å². The second-order valence-corrected chi connectivity index (χ2v) is 8.40. The van der Waals surface area contributed by atoms with Crippen LogP contribution in [0.1, 0.15) is 49.7 Å². The highest BCUT2D eigenvalue weighted by atomic mass is 16.5. The highest BCUT2D eigenvalue weighted by molar-refractivity contribution is 5.87. The molecule has 2 aromatic carbocycles. The van der Waals surface area contributed by atoms with Gasteiger partial charge in [0.1, 0.15) is 12.6 Å². The lowest BCUT2D eigenvalue weighted by atomic mass is 9.98. The van der Waals surface area contributed by atoms with Crippen molar-refractivity contribution >= 4 is 23.9 Å². The lowest BCUT2D eigenvalue weighted by Crippen LogP contribution is -2.45. The van der Waals surface area contributed by atoms with Crippen LogP contribution in [0.3, 0.4) is 0 Å². The molecule has 35 heavy (non-hydrogen) atoms. The minimum atomic E-state index is -1.41. The van der Waals surface area contributed by atoms with Gasteiger partial charge in [-0.1, -0.05) is 61.9 Å². The van der Waals surface area contributed by atoms with Gasteiger partial charge in [-0.3, -0.25) is 9.59 Å². The largest absolute Gasteiger partial charge is 0.480 e. The van der Waals surface area contributed by atoms with E-state index in [1.54, 1.807) is 0 Å². The highest BCUT2D eigenvalue weighted by Crippen LogP contribution is 2.44. The highest BCUT2D eigenvalue weighted by Gasteiger charge is 2.30. The summed E-state index contributed by atoms with van der Waals surface area (Å²) < 4.78 is 10.0. The normalized spacial score (nSPS) is 13.7. The Labute approximate surface area is 203 Å². The zero-order chi connectivity index (χ0) is 25.4. The maximum atomic E-state index is 12.6. The van der Waals surface area contributed by atoms with Crippen molar-refractivity contribution in [1.82, 2.24) is 10.6 Å². The van der Waals surface area contributed by atoms with Crippen molar-refractivity contribution < 1.29 is 33.8 Å². The molecule has 0 aliphatic heterocycles. The Hall–Kier alpha value is -3.88. The number of nitrogens with one attached hydrogen (secondary N) is 2. The molecule has 0 heterocycles. The summed E-state index contributed by atoms with van der Waals surface area (Å²) in [6.07, 6.45) is -0.112. The van der Waals surface area contributed by atoms with E-state index in [0.717, 1.165) is 29.4 Å². The number of ether oxygens (including phenoxy) is 2. The second kappa shape index (κ2) is 12.0. The number of hydrogen-bond acceptors (Lipinski definition) is 6. The van der Waals surface area contributed by atoms with Crippen molar-refractivity contribution in [3.63, 3.8) is 0 Å². The van der Waals surface area contributed by atoms with Crippen molar-refractivity contribution in [2.24, 2.45) is 0 Å². The number of carboxylic acids is 1. The van der Waals surface area contributed by atoms with Crippen molar-refractivity contribution in [2.75, 3.05) is 13.7 Å². The lowest BCUT2D eigenvalue weighted by Gasteiger charge is -2.20. The molecule has 2 atom stereocenters. The average Bonchev–Trinajstić information content (AvgIpc) is 3.16. The third-order valence-corrected chi connectivity index (χ3v) is 5.97. The number of carbonyl (C=O) groups excluding carboxylic acids is 3. The summed E-state index contributed by atoms with van der Waals surface area (Å²) in [5.41, 5.74) is 4.43. The summed E-state index contributed by atoms with van der Waals surface area (Å²) >= 11 is 0. The van der Waals surface area contributed by atoms with Gasteiger partial charge in [-0.25, -0.2) is 9.59 Å². The van der Waals surface area contributed by atoms with Crippen molar-refractivity contribution in [3.05, 3.63) is 59.7 Å². The number of fused-ring (bicyclic) bond motifs is 3. The molecule has 1 aliphatic rings. The summed E-state index contributed by atoms with van der Waals surface area (Å²) in [6, 6.07) is 14.1. The third kappa shape index (κ3) is 6.59. The molecule has 0 fully saturated rings. The molecule has 186 valence electrons. The standard InChI is InChI=1S/C26H30N2O7/c1-3-8-16(13-23(29)28-22(25(31)32)14-24(30)34-2)27-26(33)35-15-21-19-11-6-4-9-17(19)18-10-5-7-12-20(18)21/h4-7,9-12,16,21-22H,3,8,13-15H2,1-2H3,(H,27,33)(H,28,29)(H,31,32)/t16-,22+/m1/s1. The Bertz CT molecular complexity index is 1040. The van der Waals surface area contributed by atoms with Gasteiger partial charge in [0.25, 0.3) is 0 Å². The molecular weight excluding hydrogens is 452 g/mol. The fourth-order valence-electron chi connectivity index (χ4n) is 4.31. The number of methoxy groups -OCH3 is 1. The van der Waals surface area contributed by atoms with E-state index in [-0.39, 0.29) is 18.9 Å². The maximum Gasteiger partial charge on any atom is 0.407 e. The molecule has 2 aromatic rings. The molecule has 0 bridgehead atoms. The number of hydrogen-bond donors (Lipinski definition) is 3. The zero-order valence-electron chi connectivity index (χ0n) is 19.8. The number of alkyl carbamates (subject to hydrolysis) is 1. The monoisotopic (exact) mass is 482 g/mol. The van der Waals surface area contributed by atoms with Crippen LogP contribution in [0.25, 0.3) is 11.1 Å². The average molecular weight is 483 g/mol. The first-order chi connectivity index (χ1) is 16.8. The van der Waals surface area contributed by atoms with E-state index >= 15 is 0 Å². The first-order valence-electron chi connectivity index (χ1n) is 11.5. The zero-order valence-corrected chi connectivity index (χ0v) is 19.8. The molecule has 0 spiro atoms. The molecule has 1 aliphatic carbocycles. The molecule has 0 radical (unpaired) electrons. The molecule has 3 N–H and O–H groups in total. The molecule has 0 aromatic heterocycles. The molecule has 0 unspecified atom stereocenters. The van der Waals surface area contributed by atoms with Gasteiger partial charge >= 0.3 is 18.0 Å². The maximum absolute atomic E-state index is 12.6. The SMILES string of the molecule is CCC[C@H](CC(=O)N[C@@H](CC(=O)OC)C(=O)O)NC(=O)OCC1c2ccccc2-c2ccccc21. The summed E-state index contributed by atoms with van der Waals surface area (Å²) in [5.74, 6) is -2.78. The predicted octanol–water partition coefficient (Wildman–Crippen LogP) is 3.22. The molecular formula is C26H30N2O7. The molecule has 2 amide bonds. The van der Waals surface area contributed by atoms with Crippen molar-refractivity contribution in [1.29, 1.82) is 0 Å². The lowest BCUT2D eigenvalue weighted by molar-refractivity contribution is -0.148. The third-order valence-electron chi connectivity index (χ3n) is 5.97. The molecule has 9 nitrogen and oxygen atoms in total. The van der Waals surface area contributed by atoms with E-state index in [2.05, 4.69) is 27.5 Å². The number of rotatable bonds is 11. The quantitative estimate of drug-likeness (QED) is 0.419. The summed E-state index contributed by atoms with van der Waals surface area (Å²) in [7, 11) is 1.14. The number of amides is 2. The van der Waals surface area contributed by atoms with Gasteiger partial charge < -0.3 is 25.2 Å². The first kappa shape index (κ1) is 25.7. The van der Waals surface area contributed by atoms with Crippen LogP contribution in [-0.2, 0) is 23.9 Å². The molecule has 0 saturated carbocycles. The van der Waals surface area contributed by atoms with Gasteiger partial charge in [0.05, 0.1) is 13.5 Å². The van der Waals surface area contributed by atoms with E-state index in [1.165, 1.54) is 0 Å². The predicted molar refractivity (Wildman–Crippen MR) is 128 cm³/mol. The molecule has 9 heteroatoms. The van der Waals surface area contributed by atoms with Gasteiger partial charge in [0, 0.05) is 18.4 Å². The minimum absolute atomic E-state index is 0.0873. The first-order valence-corrected chi connectivity index (χ1v) is 11.5. The fraction of sp³-hybridized carbons (Fsp3) is 0.385. The van der Waals surface area contributed by atoms with Crippen LogP contribution in [0.15, 0.2) is 48.5 Å². The number of carboxylic acid groups (broad SMARTS) is 1. The van der Waals surface area contributed by atoms with Crippen molar-refractivity contribution in [2.45, 2.75) is 50.6 Å². The molecule has 3 rings (SSSR count). The van der Waals surface area contributed by atoms with Gasteiger partial charge in [-0.05, 0) is 28.7 Å². The summed E-state index contributed by atoms with van der Waals surface area (Å²) in [5, 5.41) is 14.3. The van der Waals surface area contributed by atoms with E-state index in [9.17, 15) is 24.3 Å². The van der Waals surface area contributed by atoms with E-state index in [4.69, 9.17) is 4.74 Å². The fourth-order valence-corrected chi connectivity index (χ4v) is 4.31. The van der Waals surface area contributed by atoms with Crippen LogP contribution >= 0.6 is 0 Å². The number of benzene rings is 2. The van der Waals surface area contributed by atoms with Gasteiger partial charge in [-0.15, -0.1) is 0 Å². The number of aliphatic carboxylic acids is 1. The van der Waals surface area contributed by atoms with Gasteiger partial charge in [0.2, 0.25) is 5.91 Å². The minimum Gasteiger partial charge on any atom is -0.480 e. The van der Waals surface area contributed by atoms with Gasteiger partial charge in [-0.2, -0.15) is 0 Å². The van der Waals surface area contributed by atoms with E-state index in [0.29, 0.717) is 12.8 Å². The van der Waals surface area contributed by atoms with E-state index < -0.39 is 42.4 Å². The van der Waals surface area contributed by atoms with E-state index in [1.807, 2.05) is 43.3 Å². The van der Waals surface area contributed by atoms with Crippen LogP contribution in [0.4, 0.5) is 4.79 Å². The van der Waals surface area contributed by atoms with Crippen molar-refractivity contribution in [3.8, 4) is 11.1 Å². The Morgan fingerprint density at radius 2 is 1.54 bits per heavy atom. The van der Waals surface area contributed by atoms with Crippen LogP contribution in [-0.4, -0.2) is 54.8 Å². The van der Waals surface area contributed by atoms with Gasteiger partial charge in [0.15, 0.2) is 0 Å². The Kier molecular flexibility index (Phi) is 8.83. The van der Waals surface area contributed by atoms with Crippen LogP contribution in [0.2, 0.25) is 0 Å². The second-order valence-electron chi connectivity index (χ2n) is 8.40. The number of carbonyl (C=O) groups is 4. The molecule has 0 saturated heterocycles. The van der Waals surface area contributed by atoms with Crippen LogP contribution in [0, 0.1) is 0 Å². The smallest absolute Gasteiger partial charge is 0.407 e. The Balaban J connectivity index is 1.58. The Morgan fingerprint density at radius 1 is 0.943 bits per heavy atom.